The van der Waals surface area contributed by atoms with E-state index in [0.717, 1.165) is 0 Å². The first kappa shape index (κ1) is 8.55. The van der Waals surface area contributed by atoms with Gasteiger partial charge in [0.25, 0.3) is 0 Å². The van der Waals surface area contributed by atoms with Crippen molar-refractivity contribution in [1.29, 1.82) is 0 Å². The van der Waals surface area contributed by atoms with Crippen LogP contribution in [-0.2, 0) is 0 Å². The second-order valence-electron chi connectivity index (χ2n) is 5.33. The van der Waals surface area contributed by atoms with Gasteiger partial charge in [-0.05, 0) is 18.3 Å². The van der Waals surface area contributed by atoms with Crippen molar-refractivity contribution in [2.45, 2.75) is 46.0 Å². The molecule has 1 heteroatoms. The lowest BCUT2D eigenvalue weighted by Crippen LogP contribution is -2.60. The van der Waals surface area contributed by atoms with E-state index in [1.807, 2.05) is 0 Å². The molecule has 1 nitrogen and oxygen atoms in total. The fraction of sp³-hybridized carbons (Fsp3) is 1.00. The Morgan fingerprint density at radius 3 is 2.17 bits per heavy atom. The van der Waals surface area contributed by atoms with Crippen molar-refractivity contribution >= 4 is 0 Å². The van der Waals surface area contributed by atoms with E-state index in [4.69, 9.17) is 0 Å². The summed E-state index contributed by atoms with van der Waals surface area (Å²) >= 11 is 0. The molecule has 0 aromatic carbocycles. The third-order valence-electron chi connectivity index (χ3n) is 4.32. The monoisotopic (exact) mass is 167 g/mol. The minimum Gasteiger partial charge on any atom is -0.315 e. The van der Waals surface area contributed by atoms with E-state index < -0.39 is 0 Å². The van der Waals surface area contributed by atoms with Gasteiger partial charge in [-0.15, -0.1) is 0 Å². The minimum absolute atomic E-state index is 0.592. The molecule has 1 saturated heterocycles. The molecule has 2 aliphatic rings. The first-order valence-corrected chi connectivity index (χ1v) is 5.37. The Bertz CT molecular complexity index is 168. The van der Waals surface area contributed by atoms with E-state index in [0.29, 0.717) is 10.8 Å². The van der Waals surface area contributed by atoms with Crippen molar-refractivity contribution in [1.82, 2.24) is 5.32 Å². The zero-order valence-corrected chi connectivity index (χ0v) is 8.45. The molecule has 2 rings (SSSR count). The van der Waals surface area contributed by atoms with Gasteiger partial charge in [-0.25, -0.2) is 0 Å². The molecule has 1 aliphatic heterocycles. The lowest BCUT2D eigenvalue weighted by molar-refractivity contribution is 0.00231. The number of hydrogen-bond acceptors (Lipinski definition) is 1. The van der Waals surface area contributed by atoms with Crippen LogP contribution in [0.1, 0.15) is 46.0 Å². The first-order valence-electron chi connectivity index (χ1n) is 5.37. The highest BCUT2D eigenvalue weighted by Gasteiger charge is 2.48. The molecule has 1 N–H and O–H groups in total. The maximum absolute atomic E-state index is 3.46. The molecule has 70 valence electrons. The van der Waals surface area contributed by atoms with Gasteiger partial charge in [0.15, 0.2) is 0 Å². The lowest BCUT2D eigenvalue weighted by atomic mass is 9.59. The van der Waals surface area contributed by atoms with Crippen molar-refractivity contribution in [3.05, 3.63) is 0 Å². The van der Waals surface area contributed by atoms with Crippen LogP contribution in [0.4, 0.5) is 0 Å². The van der Waals surface area contributed by atoms with E-state index in [1.54, 1.807) is 0 Å². The molecule has 1 spiro atoms. The van der Waals surface area contributed by atoms with Gasteiger partial charge in [-0.1, -0.05) is 33.1 Å². The van der Waals surface area contributed by atoms with Crippen molar-refractivity contribution in [3.63, 3.8) is 0 Å². The highest BCUT2D eigenvalue weighted by Crippen LogP contribution is 2.51. The predicted molar refractivity (Wildman–Crippen MR) is 52.2 cm³/mol. The lowest BCUT2D eigenvalue weighted by Gasteiger charge is -2.53. The van der Waals surface area contributed by atoms with Crippen LogP contribution in [-0.4, -0.2) is 13.1 Å². The van der Waals surface area contributed by atoms with Gasteiger partial charge in [0.2, 0.25) is 0 Å². The Morgan fingerprint density at radius 1 is 0.917 bits per heavy atom. The Kier molecular flexibility index (Phi) is 1.95. The van der Waals surface area contributed by atoms with E-state index >= 15 is 0 Å². The summed E-state index contributed by atoms with van der Waals surface area (Å²) in [5, 5.41) is 3.46. The molecule has 1 heterocycles. The van der Waals surface area contributed by atoms with Gasteiger partial charge in [0.05, 0.1) is 0 Å². The van der Waals surface area contributed by atoms with Gasteiger partial charge in [-0.2, -0.15) is 0 Å². The summed E-state index contributed by atoms with van der Waals surface area (Å²) in [6.45, 7) is 7.50. The van der Waals surface area contributed by atoms with Gasteiger partial charge >= 0.3 is 0 Å². The van der Waals surface area contributed by atoms with Crippen LogP contribution in [0, 0.1) is 10.8 Å². The van der Waals surface area contributed by atoms with Gasteiger partial charge in [0, 0.05) is 18.5 Å². The minimum atomic E-state index is 0.592. The van der Waals surface area contributed by atoms with Crippen molar-refractivity contribution in [2.75, 3.05) is 13.1 Å². The highest BCUT2D eigenvalue weighted by atomic mass is 15.0. The first-order chi connectivity index (χ1) is 5.66. The number of rotatable bonds is 0. The Hall–Kier alpha value is -0.0400. The van der Waals surface area contributed by atoms with Crippen LogP contribution < -0.4 is 5.32 Å². The fourth-order valence-corrected chi connectivity index (χ4v) is 2.89. The average Bonchev–Trinajstić information content (AvgIpc) is 2.05. The standard InChI is InChI=1S/C11H21N/c1-10(2)6-4-3-5-7-11(10)8-12-9-11/h12H,3-9H2,1-2H3. The van der Waals surface area contributed by atoms with E-state index in [2.05, 4.69) is 19.2 Å². The number of nitrogens with one attached hydrogen (secondary N) is 1. The number of hydrogen-bond donors (Lipinski definition) is 1. The second-order valence-corrected chi connectivity index (χ2v) is 5.33. The summed E-state index contributed by atoms with van der Waals surface area (Å²) < 4.78 is 0. The molecule has 1 saturated carbocycles. The smallest absolute Gasteiger partial charge is 0.00254 e. The topological polar surface area (TPSA) is 12.0 Å². The van der Waals surface area contributed by atoms with Crippen LogP contribution in [0.15, 0.2) is 0 Å². The van der Waals surface area contributed by atoms with Gasteiger partial charge in [-0.3, -0.25) is 0 Å². The maximum atomic E-state index is 3.46. The molecule has 0 aromatic rings. The molecule has 12 heavy (non-hydrogen) atoms. The Morgan fingerprint density at radius 2 is 1.58 bits per heavy atom. The normalized spacial score (nSPS) is 32.5. The second kappa shape index (κ2) is 2.73. The van der Waals surface area contributed by atoms with Crippen LogP contribution >= 0.6 is 0 Å². The molecule has 0 amide bonds. The summed E-state index contributed by atoms with van der Waals surface area (Å²) in [6.07, 6.45) is 7.28. The zero-order valence-electron chi connectivity index (χ0n) is 8.45. The van der Waals surface area contributed by atoms with Crippen LogP contribution in [0.3, 0.4) is 0 Å². The molecule has 2 fully saturated rings. The van der Waals surface area contributed by atoms with Crippen LogP contribution in [0.25, 0.3) is 0 Å². The zero-order chi connectivity index (χ0) is 8.66. The van der Waals surface area contributed by atoms with Crippen molar-refractivity contribution in [2.24, 2.45) is 10.8 Å². The van der Waals surface area contributed by atoms with E-state index in [1.165, 1.54) is 45.2 Å². The summed E-state index contributed by atoms with van der Waals surface area (Å²) in [7, 11) is 0. The van der Waals surface area contributed by atoms with Crippen LogP contribution in [0.2, 0.25) is 0 Å². The molecule has 0 radical (unpaired) electrons. The van der Waals surface area contributed by atoms with Gasteiger partial charge in [0.1, 0.15) is 0 Å². The van der Waals surface area contributed by atoms with E-state index in [-0.39, 0.29) is 0 Å². The third-order valence-corrected chi connectivity index (χ3v) is 4.32. The quantitative estimate of drug-likeness (QED) is 0.584. The van der Waals surface area contributed by atoms with Crippen molar-refractivity contribution < 1.29 is 0 Å². The molecule has 0 aromatic heterocycles. The van der Waals surface area contributed by atoms with Gasteiger partial charge < -0.3 is 5.32 Å². The fourth-order valence-electron chi connectivity index (χ4n) is 2.89. The summed E-state index contributed by atoms with van der Waals surface area (Å²) in [5.41, 5.74) is 1.26. The predicted octanol–water partition coefficient (Wildman–Crippen LogP) is 2.57. The maximum Gasteiger partial charge on any atom is 0.00254 e. The molecule has 1 aliphatic carbocycles. The summed E-state index contributed by atoms with van der Waals surface area (Å²) in [4.78, 5) is 0. The molecular formula is C11H21N. The largest absolute Gasteiger partial charge is 0.315 e. The molecule has 0 unspecified atom stereocenters. The molecule has 0 atom stereocenters. The van der Waals surface area contributed by atoms with E-state index in [9.17, 15) is 0 Å². The average molecular weight is 167 g/mol. The van der Waals surface area contributed by atoms with Crippen molar-refractivity contribution in [3.8, 4) is 0 Å². The molecular weight excluding hydrogens is 146 g/mol. The third kappa shape index (κ3) is 1.10. The summed E-state index contributed by atoms with van der Waals surface area (Å²) in [6, 6.07) is 0. The highest BCUT2D eigenvalue weighted by molar-refractivity contribution is 5.02. The molecule has 0 bridgehead atoms. The Labute approximate surface area is 75.9 Å². The summed E-state index contributed by atoms with van der Waals surface area (Å²) in [5.74, 6) is 0. The SMILES string of the molecule is CC1(C)CCCCCC12CNC2. The van der Waals surface area contributed by atoms with Crippen LogP contribution in [0.5, 0.6) is 0 Å². The Balaban J connectivity index is 2.15.